The molecule has 136 valence electrons. The van der Waals surface area contributed by atoms with Gasteiger partial charge < -0.3 is 14.9 Å². The summed E-state index contributed by atoms with van der Waals surface area (Å²) in [7, 11) is 0. The number of H-pyrrole nitrogens is 1. The van der Waals surface area contributed by atoms with Gasteiger partial charge in [-0.25, -0.2) is 4.98 Å². The molecule has 0 fully saturated rings. The summed E-state index contributed by atoms with van der Waals surface area (Å²) in [5, 5.41) is 2.89. The van der Waals surface area contributed by atoms with Gasteiger partial charge in [0.15, 0.2) is 0 Å². The zero-order valence-electron chi connectivity index (χ0n) is 15.6. The van der Waals surface area contributed by atoms with Crippen molar-refractivity contribution in [2.75, 3.05) is 0 Å². The first-order chi connectivity index (χ1) is 12.3. The first-order valence-electron chi connectivity index (χ1n) is 8.38. The molecular formula is C19H22N4O2S. The molecule has 3 aromatic heterocycles. The summed E-state index contributed by atoms with van der Waals surface area (Å²) in [6.45, 7) is 10.1. The van der Waals surface area contributed by atoms with Crippen LogP contribution in [0.4, 0.5) is 0 Å². The van der Waals surface area contributed by atoms with Crippen LogP contribution in [0.3, 0.4) is 0 Å². The fourth-order valence-electron chi connectivity index (χ4n) is 3.04. The molecule has 6 nitrogen and oxygen atoms in total. The van der Waals surface area contributed by atoms with E-state index in [4.69, 9.17) is 0 Å². The molecule has 7 heteroatoms. The number of aromatic amines is 1. The molecule has 3 rings (SSSR count). The maximum Gasteiger partial charge on any atom is 0.263 e. The van der Waals surface area contributed by atoms with E-state index in [-0.39, 0.29) is 18.0 Å². The fraction of sp³-hybridized carbons (Fsp3) is 0.316. The molecule has 26 heavy (non-hydrogen) atoms. The van der Waals surface area contributed by atoms with Crippen molar-refractivity contribution >= 4 is 17.2 Å². The van der Waals surface area contributed by atoms with Crippen LogP contribution in [0.5, 0.6) is 0 Å². The highest BCUT2D eigenvalue weighted by Gasteiger charge is 2.22. The van der Waals surface area contributed by atoms with Gasteiger partial charge in [-0.05, 0) is 52.3 Å². The molecule has 0 saturated carbocycles. The Labute approximate surface area is 155 Å². The van der Waals surface area contributed by atoms with E-state index >= 15 is 0 Å². The van der Waals surface area contributed by atoms with Crippen molar-refractivity contribution in [1.82, 2.24) is 19.9 Å². The van der Waals surface area contributed by atoms with Crippen LogP contribution in [-0.2, 0) is 6.54 Å². The number of nitrogens with zero attached hydrogens (tertiary/aromatic N) is 2. The topological polar surface area (TPSA) is 79.8 Å². The van der Waals surface area contributed by atoms with E-state index in [0.717, 1.165) is 27.5 Å². The third-order valence-corrected chi connectivity index (χ3v) is 5.59. The minimum atomic E-state index is -0.219. The van der Waals surface area contributed by atoms with Crippen molar-refractivity contribution in [2.45, 2.75) is 41.2 Å². The molecule has 0 aliphatic carbocycles. The van der Waals surface area contributed by atoms with Crippen LogP contribution >= 0.6 is 11.3 Å². The number of rotatable bonds is 4. The highest BCUT2D eigenvalue weighted by molar-refractivity contribution is 7.14. The summed E-state index contributed by atoms with van der Waals surface area (Å²) in [5.74, 6) is 0.372. The third kappa shape index (κ3) is 3.35. The van der Waals surface area contributed by atoms with Crippen molar-refractivity contribution < 1.29 is 4.79 Å². The van der Waals surface area contributed by atoms with Crippen LogP contribution in [0.25, 0.3) is 5.69 Å². The van der Waals surface area contributed by atoms with Gasteiger partial charge in [0.25, 0.3) is 11.5 Å². The van der Waals surface area contributed by atoms with Gasteiger partial charge in [0.05, 0.1) is 17.9 Å². The Kier molecular flexibility index (Phi) is 4.82. The molecule has 0 aromatic carbocycles. The van der Waals surface area contributed by atoms with Crippen molar-refractivity contribution in [3.05, 3.63) is 66.8 Å². The number of aromatic nitrogens is 3. The monoisotopic (exact) mass is 370 g/mol. The van der Waals surface area contributed by atoms with Crippen LogP contribution in [0, 0.1) is 34.6 Å². The molecule has 0 spiro atoms. The summed E-state index contributed by atoms with van der Waals surface area (Å²) in [4.78, 5) is 33.0. The number of aryl methyl sites for hydroxylation is 4. The van der Waals surface area contributed by atoms with E-state index in [0.29, 0.717) is 16.4 Å². The highest BCUT2D eigenvalue weighted by atomic mass is 32.1. The van der Waals surface area contributed by atoms with Crippen molar-refractivity contribution in [3.8, 4) is 5.69 Å². The number of hydrogen-bond acceptors (Lipinski definition) is 4. The number of carbonyl (C=O) groups is 1. The Balaban J connectivity index is 1.93. The third-order valence-electron chi connectivity index (χ3n) is 4.40. The maximum atomic E-state index is 12.9. The SMILES string of the molecule is Cc1nc(CNC(=O)c2sc(C)c(C)c2-n2c(C)ccc2C)cc(=O)[nH]1. The van der Waals surface area contributed by atoms with Gasteiger partial charge in [0, 0.05) is 22.3 Å². The quantitative estimate of drug-likeness (QED) is 0.741. The Morgan fingerprint density at radius 1 is 1.19 bits per heavy atom. The zero-order chi connectivity index (χ0) is 19.0. The van der Waals surface area contributed by atoms with Gasteiger partial charge in [0.2, 0.25) is 0 Å². The highest BCUT2D eigenvalue weighted by Crippen LogP contribution is 2.33. The predicted octanol–water partition coefficient (Wildman–Crippen LogP) is 3.09. The number of carbonyl (C=O) groups excluding carboxylic acids is 1. The first kappa shape index (κ1) is 18.1. The maximum absolute atomic E-state index is 12.9. The minimum absolute atomic E-state index is 0.159. The van der Waals surface area contributed by atoms with E-state index in [2.05, 4.69) is 19.9 Å². The van der Waals surface area contributed by atoms with Gasteiger partial charge in [-0.15, -0.1) is 11.3 Å². The van der Waals surface area contributed by atoms with Gasteiger partial charge in [-0.1, -0.05) is 0 Å². The molecule has 0 aliphatic heterocycles. The molecule has 3 heterocycles. The molecule has 0 aliphatic rings. The van der Waals surface area contributed by atoms with Crippen LogP contribution in [0.1, 0.15) is 43.0 Å². The predicted molar refractivity (Wildman–Crippen MR) is 103 cm³/mol. The normalized spacial score (nSPS) is 11.0. The largest absolute Gasteiger partial charge is 0.346 e. The van der Waals surface area contributed by atoms with Gasteiger partial charge in [-0.2, -0.15) is 0 Å². The molecule has 1 amide bonds. The standard InChI is InChI=1S/C19H22N4O2S/c1-10-6-7-11(2)23(10)17-12(3)13(4)26-18(17)19(25)20-9-15-8-16(24)22-14(5)21-15/h6-8H,9H2,1-5H3,(H,20,25)(H,21,22,24). The number of thiophene rings is 1. The van der Waals surface area contributed by atoms with Crippen LogP contribution in [0.2, 0.25) is 0 Å². The second kappa shape index (κ2) is 6.92. The molecule has 2 N–H and O–H groups in total. The Hall–Kier alpha value is -2.67. The second-order valence-electron chi connectivity index (χ2n) is 6.42. The van der Waals surface area contributed by atoms with E-state index < -0.39 is 0 Å². The van der Waals surface area contributed by atoms with Crippen LogP contribution in [-0.4, -0.2) is 20.4 Å². The van der Waals surface area contributed by atoms with Crippen molar-refractivity contribution in [3.63, 3.8) is 0 Å². The second-order valence-corrected chi connectivity index (χ2v) is 7.64. The van der Waals surface area contributed by atoms with Gasteiger partial charge in [-0.3, -0.25) is 9.59 Å². The summed E-state index contributed by atoms with van der Waals surface area (Å²) in [6.07, 6.45) is 0. The van der Waals surface area contributed by atoms with Crippen LogP contribution < -0.4 is 10.9 Å². The summed E-state index contributed by atoms with van der Waals surface area (Å²) in [5.41, 5.74) is 4.53. The summed E-state index contributed by atoms with van der Waals surface area (Å²) < 4.78 is 2.11. The molecule has 0 bridgehead atoms. The number of amides is 1. The van der Waals surface area contributed by atoms with Gasteiger partial charge in [0.1, 0.15) is 10.7 Å². The zero-order valence-corrected chi connectivity index (χ0v) is 16.4. The lowest BCUT2D eigenvalue weighted by atomic mass is 10.2. The smallest absolute Gasteiger partial charge is 0.263 e. The average molecular weight is 370 g/mol. The lowest BCUT2D eigenvalue weighted by Crippen LogP contribution is -2.25. The van der Waals surface area contributed by atoms with Gasteiger partial charge >= 0.3 is 0 Å². The molecule has 0 saturated heterocycles. The van der Waals surface area contributed by atoms with Crippen LogP contribution in [0.15, 0.2) is 23.0 Å². The number of nitrogens with one attached hydrogen (secondary N) is 2. The molecule has 0 atom stereocenters. The Morgan fingerprint density at radius 3 is 2.46 bits per heavy atom. The Bertz CT molecular complexity index is 1020. The number of hydrogen-bond donors (Lipinski definition) is 2. The minimum Gasteiger partial charge on any atom is -0.346 e. The Morgan fingerprint density at radius 2 is 1.85 bits per heavy atom. The average Bonchev–Trinajstić information content (AvgIpc) is 3.04. The summed E-state index contributed by atoms with van der Waals surface area (Å²) >= 11 is 1.48. The lowest BCUT2D eigenvalue weighted by molar-refractivity contribution is 0.0954. The molecular weight excluding hydrogens is 348 g/mol. The molecule has 0 radical (unpaired) electrons. The van der Waals surface area contributed by atoms with E-state index in [1.54, 1.807) is 6.92 Å². The first-order valence-corrected chi connectivity index (χ1v) is 9.20. The molecule has 0 unspecified atom stereocenters. The fourth-order valence-corrected chi connectivity index (χ4v) is 4.10. The van der Waals surface area contributed by atoms with E-state index in [1.165, 1.54) is 17.4 Å². The summed E-state index contributed by atoms with van der Waals surface area (Å²) in [6, 6.07) is 5.50. The van der Waals surface area contributed by atoms with Crippen molar-refractivity contribution in [1.29, 1.82) is 0 Å². The van der Waals surface area contributed by atoms with E-state index in [1.807, 2.05) is 39.8 Å². The molecule has 3 aromatic rings. The lowest BCUT2D eigenvalue weighted by Gasteiger charge is -2.12. The van der Waals surface area contributed by atoms with Crippen molar-refractivity contribution in [2.24, 2.45) is 0 Å². The van der Waals surface area contributed by atoms with E-state index in [9.17, 15) is 9.59 Å².